The maximum atomic E-state index is 12.5. The van der Waals surface area contributed by atoms with Gasteiger partial charge in [-0.3, -0.25) is 4.57 Å². The first-order valence-corrected chi connectivity index (χ1v) is 7.06. The Hall–Kier alpha value is -2.62. The molecule has 0 aliphatic heterocycles. The molecule has 0 aliphatic rings. The van der Waals surface area contributed by atoms with Gasteiger partial charge in [-0.2, -0.15) is 0 Å². The van der Waals surface area contributed by atoms with Gasteiger partial charge in [-0.05, 0) is 12.5 Å². The molecule has 4 heteroatoms. The zero-order chi connectivity index (χ0) is 14.7. The minimum atomic E-state index is -0.0693. The highest BCUT2D eigenvalue weighted by molar-refractivity contribution is 5.54. The first-order valence-electron chi connectivity index (χ1n) is 7.06. The van der Waals surface area contributed by atoms with Gasteiger partial charge in [-0.1, -0.05) is 60.7 Å². The van der Waals surface area contributed by atoms with Gasteiger partial charge in [0.25, 0.3) is 0 Å². The van der Waals surface area contributed by atoms with Crippen LogP contribution in [0.3, 0.4) is 0 Å². The second-order valence-corrected chi connectivity index (χ2v) is 4.86. The van der Waals surface area contributed by atoms with Crippen LogP contribution in [0.1, 0.15) is 12.5 Å². The summed E-state index contributed by atoms with van der Waals surface area (Å²) in [5.74, 6) is 0.721. The fraction of sp³-hybridized carbons (Fsp3) is 0.176. The molecular weight excluding hydrogens is 262 g/mol. The summed E-state index contributed by atoms with van der Waals surface area (Å²) in [5, 5.41) is 4.51. The zero-order valence-corrected chi connectivity index (χ0v) is 11.9. The van der Waals surface area contributed by atoms with Crippen molar-refractivity contribution in [3.05, 3.63) is 76.7 Å². The summed E-state index contributed by atoms with van der Waals surface area (Å²) in [6.45, 7) is 3.06. The summed E-state index contributed by atoms with van der Waals surface area (Å²) in [4.78, 5) is 12.5. The molecule has 0 unspecified atom stereocenters. The van der Waals surface area contributed by atoms with Crippen LogP contribution in [0.4, 0.5) is 0 Å². The highest BCUT2D eigenvalue weighted by Crippen LogP contribution is 2.15. The average Bonchev–Trinajstić information content (AvgIpc) is 2.85. The Morgan fingerprint density at radius 1 is 0.952 bits per heavy atom. The second-order valence-electron chi connectivity index (χ2n) is 4.86. The van der Waals surface area contributed by atoms with Gasteiger partial charge in [-0.25, -0.2) is 9.48 Å². The van der Waals surface area contributed by atoms with Crippen LogP contribution < -0.4 is 5.69 Å². The first kappa shape index (κ1) is 13.4. The van der Waals surface area contributed by atoms with Crippen LogP contribution in [0, 0.1) is 0 Å². The maximum absolute atomic E-state index is 12.5. The van der Waals surface area contributed by atoms with Gasteiger partial charge >= 0.3 is 5.69 Å². The number of benzene rings is 2. The molecule has 2 aromatic carbocycles. The fourth-order valence-corrected chi connectivity index (χ4v) is 2.39. The molecule has 21 heavy (non-hydrogen) atoms. The summed E-state index contributed by atoms with van der Waals surface area (Å²) in [6.07, 6.45) is 0. The van der Waals surface area contributed by atoms with Crippen molar-refractivity contribution >= 4 is 0 Å². The molecule has 3 aromatic rings. The average molecular weight is 279 g/mol. The van der Waals surface area contributed by atoms with E-state index in [2.05, 4.69) is 5.10 Å². The van der Waals surface area contributed by atoms with Crippen molar-refractivity contribution in [3.63, 3.8) is 0 Å². The van der Waals surface area contributed by atoms with E-state index in [1.807, 2.05) is 67.6 Å². The summed E-state index contributed by atoms with van der Waals surface area (Å²) in [6, 6.07) is 19.7. The van der Waals surface area contributed by atoms with E-state index >= 15 is 0 Å². The summed E-state index contributed by atoms with van der Waals surface area (Å²) >= 11 is 0. The van der Waals surface area contributed by atoms with Crippen LogP contribution in [0.15, 0.2) is 65.5 Å². The van der Waals surface area contributed by atoms with Crippen LogP contribution in [0.25, 0.3) is 11.4 Å². The Labute approximate surface area is 123 Å². The number of hydrogen-bond donors (Lipinski definition) is 0. The van der Waals surface area contributed by atoms with Crippen molar-refractivity contribution < 1.29 is 0 Å². The van der Waals surface area contributed by atoms with Gasteiger partial charge < -0.3 is 0 Å². The number of rotatable bonds is 4. The highest BCUT2D eigenvalue weighted by Gasteiger charge is 2.13. The van der Waals surface area contributed by atoms with Gasteiger partial charge in [0, 0.05) is 12.1 Å². The molecule has 1 aromatic heterocycles. The fourth-order valence-electron chi connectivity index (χ4n) is 2.39. The van der Waals surface area contributed by atoms with E-state index in [1.165, 1.54) is 4.68 Å². The molecule has 0 atom stereocenters. The summed E-state index contributed by atoms with van der Waals surface area (Å²) < 4.78 is 3.24. The minimum Gasteiger partial charge on any atom is -0.275 e. The Kier molecular flexibility index (Phi) is 3.69. The third kappa shape index (κ3) is 2.65. The molecule has 4 nitrogen and oxygen atoms in total. The van der Waals surface area contributed by atoms with Gasteiger partial charge in [-0.15, -0.1) is 5.10 Å². The normalized spacial score (nSPS) is 10.7. The van der Waals surface area contributed by atoms with Crippen molar-refractivity contribution in [1.82, 2.24) is 14.3 Å². The van der Waals surface area contributed by atoms with E-state index in [9.17, 15) is 4.79 Å². The molecule has 0 aliphatic carbocycles. The Balaban J connectivity index is 2.04. The Bertz CT molecular complexity index is 773. The topological polar surface area (TPSA) is 39.8 Å². The molecule has 3 rings (SSSR count). The van der Waals surface area contributed by atoms with Crippen LogP contribution in [0.2, 0.25) is 0 Å². The molecular formula is C17H17N3O. The van der Waals surface area contributed by atoms with Crippen molar-refractivity contribution in [3.8, 4) is 11.4 Å². The SMILES string of the molecule is CCn1c(-c2ccccc2)nn(Cc2ccccc2)c1=O. The smallest absolute Gasteiger partial charge is 0.275 e. The molecule has 0 amide bonds. The molecule has 0 fully saturated rings. The van der Waals surface area contributed by atoms with Crippen LogP contribution >= 0.6 is 0 Å². The molecule has 0 bridgehead atoms. The molecule has 0 N–H and O–H groups in total. The van der Waals surface area contributed by atoms with E-state index < -0.39 is 0 Å². The monoisotopic (exact) mass is 279 g/mol. The van der Waals surface area contributed by atoms with Crippen LogP contribution in [-0.4, -0.2) is 14.3 Å². The largest absolute Gasteiger partial charge is 0.346 e. The Morgan fingerprint density at radius 2 is 1.57 bits per heavy atom. The van der Waals surface area contributed by atoms with E-state index in [-0.39, 0.29) is 5.69 Å². The molecule has 0 radical (unpaired) electrons. The Morgan fingerprint density at radius 3 is 2.19 bits per heavy atom. The summed E-state index contributed by atoms with van der Waals surface area (Å²) in [7, 11) is 0. The quantitative estimate of drug-likeness (QED) is 0.736. The van der Waals surface area contributed by atoms with Crippen molar-refractivity contribution in [2.75, 3.05) is 0 Å². The van der Waals surface area contributed by atoms with Gasteiger partial charge in [0.2, 0.25) is 0 Å². The van der Waals surface area contributed by atoms with Crippen molar-refractivity contribution in [1.29, 1.82) is 0 Å². The lowest BCUT2D eigenvalue weighted by Crippen LogP contribution is -2.25. The van der Waals surface area contributed by atoms with Crippen molar-refractivity contribution in [2.45, 2.75) is 20.0 Å². The number of nitrogens with zero attached hydrogens (tertiary/aromatic N) is 3. The molecule has 0 saturated heterocycles. The van der Waals surface area contributed by atoms with Crippen LogP contribution in [0.5, 0.6) is 0 Å². The van der Waals surface area contributed by atoms with E-state index in [1.54, 1.807) is 4.57 Å². The number of hydrogen-bond acceptors (Lipinski definition) is 2. The molecule has 106 valence electrons. The summed E-state index contributed by atoms with van der Waals surface area (Å²) in [5.41, 5.74) is 1.96. The van der Waals surface area contributed by atoms with Crippen molar-refractivity contribution in [2.24, 2.45) is 0 Å². The standard InChI is InChI=1S/C17H17N3O/c1-2-19-16(15-11-7-4-8-12-15)18-20(17(19)21)13-14-9-5-3-6-10-14/h3-12H,2,13H2,1H3. The van der Waals surface area contributed by atoms with Gasteiger partial charge in [0.15, 0.2) is 5.82 Å². The lowest BCUT2D eigenvalue weighted by Gasteiger charge is -2.00. The van der Waals surface area contributed by atoms with Gasteiger partial charge in [0.1, 0.15) is 0 Å². The molecule has 0 saturated carbocycles. The zero-order valence-electron chi connectivity index (χ0n) is 11.9. The minimum absolute atomic E-state index is 0.0693. The van der Waals surface area contributed by atoms with Gasteiger partial charge in [0.05, 0.1) is 6.54 Å². The highest BCUT2D eigenvalue weighted by atomic mass is 16.2. The first-order chi connectivity index (χ1) is 10.3. The predicted octanol–water partition coefficient (Wildman–Crippen LogP) is 2.78. The lowest BCUT2D eigenvalue weighted by molar-refractivity contribution is 0.631. The third-order valence-corrected chi connectivity index (χ3v) is 3.45. The maximum Gasteiger partial charge on any atom is 0.346 e. The molecule has 1 heterocycles. The predicted molar refractivity (Wildman–Crippen MR) is 83.1 cm³/mol. The van der Waals surface area contributed by atoms with E-state index in [0.717, 1.165) is 17.0 Å². The second kappa shape index (κ2) is 5.79. The van der Waals surface area contributed by atoms with Crippen LogP contribution in [-0.2, 0) is 13.1 Å². The van der Waals surface area contributed by atoms with E-state index in [4.69, 9.17) is 0 Å². The molecule has 0 spiro atoms. The third-order valence-electron chi connectivity index (χ3n) is 3.45. The lowest BCUT2D eigenvalue weighted by atomic mass is 10.2. The number of aromatic nitrogens is 3. The van der Waals surface area contributed by atoms with E-state index in [0.29, 0.717) is 13.1 Å².